The van der Waals surface area contributed by atoms with E-state index in [1.807, 2.05) is 0 Å². The lowest BCUT2D eigenvalue weighted by atomic mass is 9.95. The van der Waals surface area contributed by atoms with Gasteiger partial charge in [-0.05, 0) is 0 Å². The molecular weight excluding hydrogens is 132 g/mol. The number of esters is 1. The maximum Gasteiger partial charge on any atom is 0.309 e. The molecule has 1 saturated heterocycles. The van der Waals surface area contributed by atoms with Gasteiger partial charge in [0.1, 0.15) is 0 Å². The maximum atomic E-state index is 10.6. The van der Waals surface area contributed by atoms with Gasteiger partial charge in [-0.3, -0.25) is 4.79 Å². The van der Waals surface area contributed by atoms with Crippen molar-refractivity contribution >= 4 is 5.97 Å². The number of carbonyl (C=O) groups excluding carboxylic acids is 1. The van der Waals surface area contributed by atoms with Crippen LogP contribution in [0.1, 0.15) is 12.8 Å². The minimum absolute atomic E-state index is 0.0382. The van der Waals surface area contributed by atoms with Gasteiger partial charge < -0.3 is 9.84 Å². The predicted octanol–water partition coefficient (Wildman–Crippen LogP) is 0.240. The molecule has 0 amide bonds. The van der Waals surface area contributed by atoms with E-state index in [4.69, 9.17) is 0 Å². The van der Waals surface area contributed by atoms with Crippen LogP contribution in [0, 0.1) is 0 Å². The highest BCUT2D eigenvalue weighted by molar-refractivity contribution is 5.71. The van der Waals surface area contributed by atoms with Crippen LogP contribution >= 0.6 is 0 Å². The molecule has 1 atom stereocenters. The Bertz CT molecular complexity index is 164. The first-order chi connectivity index (χ1) is 4.66. The molecule has 0 aromatic rings. The Morgan fingerprint density at radius 1 is 1.80 bits per heavy atom. The summed E-state index contributed by atoms with van der Waals surface area (Å²) in [6, 6.07) is 0. The van der Waals surface area contributed by atoms with Crippen LogP contribution in [0.25, 0.3) is 0 Å². The first kappa shape index (κ1) is 7.28. The second kappa shape index (κ2) is 2.42. The van der Waals surface area contributed by atoms with E-state index in [2.05, 4.69) is 11.3 Å². The van der Waals surface area contributed by atoms with Gasteiger partial charge >= 0.3 is 5.97 Å². The summed E-state index contributed by atoms with van der Waals surface area (Å²) >= 11 is 0. The number of hydrogen-bond acceptors (Lipinski definition) is 3. The average Bonchev–Trinajstić information content (AvgIpc) is 1.88. The lowest BCUT2D eigenvalue weighted by Gasteiger charge is -2.27. The van der Waals surface area contributed by atoms with Crippen LogP contribution < -0.4 is 0 Å². The van der Waals surface area contributed by atoms with Gasteiger partial charge in [0.15, 0.2) is 0 Å². The van der Waals surface area contributed by atoms with Gasteiger partial charge in [-0.25, -0.2) is 0 Å². The minimum Gasteiger partial charge on any atom is -0.465 e. The quantitative estimate of drug-likeness (QED) is 0.421. The van der Waals surface area contributed by atoms with Crippen molar-refractivity contribution in [2.45, 2.75) is 18.4 Å². The number of rotatable bonds is 1. The highest BCUT2D eigenvalue weighted by Gasteiger charge is 2.31. The summed E-state index contributed by atoms with van der Waals surface area (Å²) in [5, 5.41) is 9.43. The second-order valence-corrected chi connectivity index (χ2v) is 2.45. The second-order valence-electron chi connectivity index (χ2n) is 2.45. The van der Waals surface area contributed by atoms with Gasteiger partial charge in [0, 0.05) is 6.42 Å². The van der Waals surface area contributed by atoms with Gasteiger partial charge in [-0.1, -0.05) is 6.08 Å². The fourth-order valence-electron chi connectivity index (χ4n) is 0.905. The Morgan fingerprint density at radius 2 is 2.50 bits per heavy atom. The van der Waals surface area contributed by atoms with Crippen molar-refractivity contribution in [3.8, 4) is 0 Å². The number of carbonyl (C=O) groups is 1. The Balaban J connectivity index is 2.61. The number of ether oxygens (including phenoxy) is 1. The molecule has 0 bridgehead atoms. The Hall–Kier alpha value is -0.830. The highest BCUT2D eigenvalue weighted by Crippen LogP contribution is 2.21. The van der Waals surface area contributed by atoms with Gasteiger partial charge in [-0.15, -0.1) is 6.58 Å². The summed E-state index contributed by atoms with van der Waals surface area (Å²) in [5.74, 6) is -0.353. The topological polar surface area (TPSA) is 46.5 Å². The zero-order valence-corrected chi connectivity index (χ0v) is 5.67. The van der Waals surface area contributed by atoms with Crippen molar-refractivity contribution in [2.75, 3.05) is 6.61 Å². The van der Waals surface area contributed by atoms with Crippen LogP contribution in [0.5, 0.6) is 0 Å². The lowest BCUT2D eigenvalue weighted by molar-refractivity contribution is -0.155. The lowest BCUT2D eigenvalue weighted by Crippen LogP contribution is -2.36. The summed E-state index contributed by atoms with van der Waals surface area (Å²) in [5.41, 5.74) is -1.02. The molecule has 3 heteroatoms. The summed E-state index contributed by atoms with van der Waals surface area (Å²) in [7, 11) is 0. The molecule has 1 rings (SSSR count). The van der Waals surface area contributed by atoms with Gasteiger partial charge in [0.25, 0.3) is 0 Å². The summed E-state index contributed by atoms with van der Waals surface area (Å²) in [4.78, 5) is 10.6. The molecule has 1 fully saturated rings. The van der Waals surface area contributed by atoms with Gasteiger partial charge in [-0.2, -0.15) is 0 Å². The largest absolute Gasteiger partial charge is 0.465 e. The van der Waals surface area contributed by atoms with Crippen molar-refractivity contribution in [3.05, 3.63) is 12.7 Å². The van der Waals surface area contributed by atoms with Gasteiger partial charge in [0.2, 0.25) is 0 Å². The van der Waals surface area contributed by atoms with Crippen LogP contribution in [0.4, 0.5) is 0 Å². The molecule has 0 radical (unpaired) electrons. The van der Waals surface area contributed by atoms with Crippen molar-refractivity contribution in [3.63, 3.8) is 0 Å². The van der Waals surface area contributed by atoms with Crippen LogP contribution in [-0.4, -0.2) is 23.3 Å². The third kappa shape index (κ3) is 1.36. The van der Waals surface area contributed by atoms with E-state index in [-0.39, 0.29) is 12.4 Å². The fourth-order valence-corrected chi connectivity index (χ4v) is 0.905. The third-order valence-corrected chi connectivity index (χ3v) is 1.63. The first-order valence-electron chi connectivity index (χ1n) is 3.18. The molecule has 1 aliphatic rings. The van der Waals surface area contributed by atoms with E-state index in [0.717, 1.165) is 0 Å². The maximum absolute atomic E-state index is 10.6. The SMILES string of the molecule is C=CC1(O)CCOC(=O)C1. The van der Waals surface area contributed by atoms with Crippen molar-refractivity contribution in [1.82, 2.24) is 0 Å². The summed E-state index contributed by atoms with van der Waals surface area (Å²) in [6.45, 7) is 3.73. The van der Waals surface area contributed by atoms with E-state index in [0.29, 0.717) is 13.0 Å². The summed E-state index contributed by atoms with van der Waals surface area (Å²) < 4.78 is 4.63. The van der Waals surface area contributed by atoms with Crippen LogP contribution in [0.15, 0.2) is 12.7 Å². The Morgan fingerprint density at radius 3 is 2.90 bits per heavy atom. The monoisotopic (exact) mass is 142 g/mol. The van der Waals surface area contributed by atoms with Crippen LogP contribution in [0.3, 0.4) is 0 Å². The van der Waals surface area contributed by atoms with E-state index in [9.17, 15) is 9.90 Å². The van der Waals surface area contributed by atoms with Gasteiger partial charge in [0.05, 0.1) is 18.6 Å². The fraction of sp³-hybridized carbons (Fsp3) is 0.571. The normalized spacial score (nSPS) is 33.1. The Labute approximate surface area is 59.3 Å². The molecule has 3 nitrogen and oxygen atoms in total. The van der Waals surface area contributed by atoms with Crippen LogP contribution in [0.2, 0.25) is 0 Å². The molecule has 0 spiro atoms. The number of hydrogen-bond donors (Lipinski definition) is 1. The Kier molecular flexibility index (Phi) is 1.76. The van der Waals surface area contributed by atoms with Crippen molar-refractivity contribution in [2.24, 2.45) is 0 Å². The smallest absolute Gasteiger partial charge is 0.309 e. The number of aliphatic hydroxyl groups is 1. The minimum atomic E-state index is -1.02. The van der Waals surface area contributed by atoms with Crippen molar-refractivity contribution < 1.29 is 14.6 Å². The molecule has 0 aromatic carbocycles. The third-order valence-electron chi connectivity index (χ3n) is 1.63. The molecule has 1 heterocycles. The van der Waals surface area contributed by atoms with Crippen LogP contribution in [-0.2, 0) is 9.53 Å². The average molecular weight is 142 g/mol. The van der Waals surface area contributed by atoms with E-state index < -0.39 is 5.60 Å². The molecular formula is C7H10O3. The molecule has 1 N–H and O–H groups in total. The highest BCUT2D eigenvalue weighted by atomic mass is 16.5. The molecule has 1 aliphatic heterocycles. The summed E-state index contributed by atoms with van der Waals surface area (Å²) in [6.07, 6.45) is 1.90. The molecule has 1 unspecified atom stereocenters. The molecule has 0 aliphatic carbocycles. The van der Waals surface area contributed by atoms with E-state index in [1.165, 1.54) is 6.08 Å². The predicted molar refractivity (Wildman–Crippen MR) is 35.3 cm³/mol. The first-order valence-corrected chi connectivity index (χ1v) is 3.18. The zero-order chi connectivity index (χ0) is 7.61. The molecule has 56 valence electrons. The zero-order valence-electron chi connectivity index (χ0n) is 5.67. The molecule has 10 heavy (non-hydrogen) atoms. The van der Waals surface area contributed by atoms with E-state index >= 15 is 0 Å². The molecule has 0 aromatic heterocycles. The van der Waals surface area contributed by atoms with Crippen molar-refractivity contribution in [1.29, 1.82) is 0 Å². The van der Waals surface area contributed by atoms with E-state index in [1.54, 1.807) is 0 Å². The molecule has 0 saturated carbocycles. The standard InChI is InChI=1S/C7H10O3/c1-2-7(9)3-4-10-6(8)5-7/h2,9H,1,3-5H2. The number of cyclic esters (lactones) is 1.